The van der Waals surface area contributed by atoms with E-state index in [1.807, 2.05) is 6.92 Å². The number of nitrogens with zero attached hydrogens (tertiary/aromatic N) is 2. The average Bonchev–Trinajstić information content (AvgIpc) is 3.12. The van der Waals surface area contributed by atoms with Crippen LogP contribution in [0, 0.1) is 23.1 Å². The van der Waals surface area contributed by atoms with Crippen LogP contribution in [0.2, 0.25) is 5.02 Å². The molecule has 1 saturated heterocycles. The summed E-state index contributed by atoms with van der Waals surface area (Å²) < 4.78 is 40.1. The second kappa shape index (κ2) is 8.79. The highest BCUT2D eigenvalue weighted by molar-refractivity contribution is 7.89. The van der Waals surface area contributed by atoms with Crippen molar-refractivity contribution in [2.45, 2.75) is 31.1 Å². The summed E-state index contributed by atoms with van der Waals surface area (Å²) in [7, 11) is -3.81. The normalized spacial score (nSPS) is 15.8. The minimum atomic E-state index is -3.81. The van der Waals surface area contributed by atoms with Crippen LogP contribution in [-0.2, 0) is 21.2 Å². The van der Waals surface area contributed by atoms with Crippen molar-refractivity contribution in [1.29, 1.82) is 5.26 Å². The van der Waals surface area contributed by atoms with Gasteiger partial charge in [-0.05, 0) is 43.5 Å². The predicted molar refractivity (Wildman–Crippen MR) is 110 cm³/mol. The highest BCUT2D eigenvalue weighted by Gasteiger charge is 2.32. The van der Waals surface area contributed by atoms with Gasteiger partial charge in [0, 0.05) is 23.9 Å². The summed E-state index contributed by atoms with van der Waals surface area (Å²) in [4.78, 5) is 13.5. The number of halogens is 2. The molecule has 1 aromatic heterocycles. The number of thiophene rings is 1. The summed E-state index contributed by atoms with van der Waals surface area (Å²) in [5.74, 6) is -1.25. The molecule has 10 heteroatoms. The second-order valence-corrected chi connectivity index (χ2v) is 10.1. The van der Waals surface area contributed by atoms with E-state index in [9.17, 15) is 22.9 Å². The molecule has 1 aliphatic rings. The molecular formula is C19H19ClFN3O3S2. The zero-order valence-electron chi connectivity index (χ0n) is 15.6. The van der Waals surface area contributed by atoms with Crippen LogP contribution in [0.15, 0.2) is 29.2 Å². The van der Waals surface area contributed by atoms with E-state index in [0.29, 0.717) is 23.4 Å². The van der Waals surface area contributed by atoms with Crippen LogP contribution in [0.3, 0.4) is 0 Å². The van der Waals surface area contributed by atoms with E-state index in [0.717, 1.165) is 23.4 Å². The monoisotopic (exact) mass is 455 g/mol. The summed E-state index contributed by atoms with van der Waals surface area (Å²) in [5.41, 5.74) is 0.438. The van der Waals surface area contributed by atoms with Crippen LogP contribution in [-0.4, -0.2) is 31.7 Å². The van der Waals surface area contributed by atoms with Gasteiger partial charge in [0.1, 0.15) is 16.9 Å². The van der Waals surface area contributed by atoms with Gasteiger partial charge in [0.25, 0.3) is 0 Å². The average molecular weight is 456 g/mol. The molecule has 0 spiro atoms. The maximum atomic E-state index is 13.3. The smallest absolute Gasteiger partial charge is 0.243 e. The van der Waals surface area contributed by atoms with Crippen molar-refractivity contribution in [2.24, 2.45) is 5.92 Å². The van der Waals surface area contributed by atoms with Crippen molar-refractivity contribution >= 4 is 43.9 Å². The Morgan fingerprint density at radius 2 is 2.07 bits per heavy atom. The Hall–Kier alpha value is -1.99. The first kappa shape index (κ1) is 21.7. The van der Waals surface area contributed by atoms with Gasteiger partial charge < -0.3 is 5.32 Å². The number of hydrogen-bond donors (Lipinski definition) is 1. The van der Waals surface area contributed by atoms with Gasteiger partial charge in [-0.25, -0.2) is 12.8 Å². The molecule has 0 saturated carbocycles. The summed E-state index contributed by atoms with van der Waals surface area (Å²) in [5, 5.41) is 12.3. The predicted octanol–water partition coefficient (Wildman–Crippen LogP) is 4.01. The molecule has 0 radical (unpaired) electrons. The van der Waals surface area contributed by atoms with Gasteiger partial charge in [-0.15, -0.1) is 11.3 Å². The van der Waals surface area contributed by atoms with Crippen LogP contribution >= 0.6 is 22.9 Å². The first-order valence-corrected chi connectivity index (χ1v) is 11.7. The summed E-state index contributed by atoms with van der Waals surface area (Å²) in [6, 6.07) is 7.15. The largest absolute Gasteiger partial charge is 0.316 e. The van der Waals surface area contributed by atoms with E-state index >= 15 is 0 Å². The van der Waals surface area contributed by atoms with Crippen molar-refractivity contribution in [1.82, 2.24) is 4.31 Å². The molecule has 154 valence electrons. The number of benzene rings is 1. The quantitative estimate of drug-likeness (QED) is 0.737. The molecule has 0 atom stereocenters. The second-order valence-electron chi connectivity index (χ2n) is 6.66. The highest BCUT2D eigenvalue weighted by atomic mass is 35.5. The molecule has 2 aromatic rings. The minimum absolute atomic E-state index is 0.0730. The molecule has 1 fully saturated rings. The van der Waals surface area contributed by atoms with Crippen molar-refractivity contribution < 1.29 is 17.6 Å². The van der Waals surface area contributed by atoms with Crippen molar-refractivity contribution in [3.8, 4) is 6.07 Å². The standard InChI is InChI=1S/C19H19ClFN3O3S2/c1-2-14-9-13(11-22)19(28-14)23-18(25)12-5-7-24(8-6-12)29(26,27)15-3-4-17(21)16(20)10-15/h3-4,9-10,12H,2,5-8H2,1H3,(H,23,25). The lowest BCUT2D eigenvalue weighted by atomic mass is 9.97. The molecule has 0 unspecified atom stereocenters. The van der Waals surface area contributed by atoms with Gasteiger partial charge in [0.15, 0.2) is 0 Å². The van der Waals surface area contributed by atoms with Crippen molar-refractivity contribution in [3.63, 3.8) is 0 Å². The van der Waals surface area contributed by atoms with E-state index in [1.165, 1.54) is 21.7 Å². The van der Waals surface area contributed by atoms with E-state index in [2.05, 4.69) is 11.4 Å². The number of rotatable bonds is 5. The lowest BCUT2D eigenvalue weighted by Gasteiger charge is -2.30. The highest BCUT2D eigenvalue weighted by Crippen LogP contribution is 2.30. The number of piperidine rings is 1. The van der Waals surface area contributed by atoms with Gasteiger partial charge in [0.2, 0.25) is 15.9 Å². The maximum Gasteiger partial charge on any atom is 0.243 e. The third-order valence-electron chi connectivity index (χ3n) is 4.84. The van der Waals surface area contributed by atoms with Gasteiger partial charge in [-0.3, -0.25) is 4.79 Å². The van der Waals surface area contributed by atoms with E-state index in [4.69, 9.17) is 11.6 Å². The van der Waals surface area contributed by atoms with E-state index in [-0.39, 0.29) is 34.8 Å². The first-order valence-electron chi connectivity index (χ1n) is 9.05. The Morgan fingerprint density at radius 1 is 1.38 bits per heavy atom. The summed E-state index contributed by atoms with van der Waals surface area (Å²) in [6.07, 6.45) is 1.49. The molecule has 6 nitrogen and oxygen atoms in total. The number of sulfonamides is 1. The number of carbonyl (C=O) groups is 1. The fourth-order valence-corrected chi connectivity index (χ4v) is 5.84. The number of anilines is 1. The van der Waals surface area contributed by atoms with Crippen LogP contribution < -0.4 is 5.32 Å². The molecular weight excluding hydrogens is 437 g/mol. The lowest BCUT2D eigenvalue weighted by molar-refractivity contribution is -0.120. The summed E-state index contributed by atoms with van der Waals surface area (Å²) >= 11 is 7.08. The third kappa shape index (κ3) is 4.61. The molecule has 0 aliphatic carbocycles. The van der Waals surface area contributed by atoms with Gasteiger partial charge in [-0.1, -0.05) is 18.5 Å². The Bertz CT molecular complexity index is 1070. The van der Waals surface area contributed by atoms with Crippen LogP contribution in [0.25, 0.3) is 0 Å². The Morgan fingerprint density at radius 3 is 2.66 bits per heavy atom. The molecule has 1 aromatic carbocycles. The first-order chi connectivity index (χ1) is 13.8. The molecule has 29 heavy (non-hydrogen) atoms. The Balaban J connectivity index is 1.65. The topological polar surface area (TPSA) is 90.3 Å². The SMILES string of the molecule is CCc1cc(C#N)c(NC(=O)C2CCN(S(=O)(=O)c3ccc(F)c(Cl)c3)CC2)s1. The number of amides is 1. The Kier molecular flexibility index (Phi) is 6.58. The number of carbonyl (C=O) groups excluding carboxylic acids is 1. The van der Waals surface area contributed by atoms with Crippen LogP contribution in [0.4, 0.5) is 9.39 Å². The number of nitriles is 1. The van der Waals surface area contributed by atoms with Gasteiger partial charge >= 0.3 is 0 Å². The molecule has 1 aliphatic heterocycles. The number of aryl methyl sites for hydroxylation is 1. The van der Waals surface area contributed by atoms with Gasteiger partial charge in [0.05, 0.1) is 15.5 Å². The molecule has 0 bridgehead atoms. The molecule has 2 heterocycles. The molecule has 1 N–H and O–H groups in total. The zero-order valence-corrected chi connectivity index (χ0v) is 18.0. The third-order valence-corrected chi connectivity index (χ3v) is 8.22. The Labute approximate surface area is 178 Å². The lowest BCUT2D eigenvalue weighted by Crippen LogP contribution is -2.41. The maximum absolute atomic E-state index is 13.3. The van der Waals surface area contributed by atoms with Crippen LogP contribution in [0.1, 0.15) is 30.2 Å². The van der Waals surface area contributed by atoms with E-state index < -0.39 is 15.8 Å². The summed E-state index contributed by atoms with van der Waals surface area (Å²) in [6.45, 7) is 2.32. The molecule has 3 rings (SSSR count). The fourth-order valence-electron chi connectivity index (χ4n) is 3.15. The van der Waals surface area contributed by atoms with Gasteiger partial charge in [-0.2, -0.15) is 9.57 Å². The van der Waals surface area contributed by atoms with E-state index in [1.54, 1.807) is 6.07 Å². The fraction of sp³-hybridized carbons (Fsp3) is 0.368. The number of hydrogen-bond acceptors (Lipinski definition) is 5. The van der Waals surface area contributed by atoms with Crippen molar-refractivity contribution in [2.75, 3.05) is 18.4 Å². The molecule has 1 amide bonds. The van der Waals surface area contributed by atoms with Crippen LogP contribution in [0.5, 0.6) is 0 Å². The zero-order chi connectivity index (χ0) is 21.2. The van der Waals surface area contributed by atoms with Crippen molar-refractivity contribution in [3.05, 3.63) is 45.5 Å². The number of nitrogens with one attached hydrogen (secondary N) is 1. The minimum Gasteiger partial charge on any atom is -0.316 e.